The van der Waals surface area contributed by atoms with Crippen molar-refractivity contribution in [2.45, 2.75) is 51.2 Å². The van der Waals surface area contributed by atoms with Gasteiger partial charge in [0.05, 0.1) is 6.10 Å². The standard InChI is InChI=1S/C13H20N2O4S/c1-7-10(8(2)19-14-7)20(16,17)15-11-9-5-6-18-12(9)13(11,3)4/h9,11-12,15H,5-6H2,1-4H3/t9-,11-,12+/m1/s1. The Morgan fingerprint density at radius 1 is 1.35 bits per heavy atom. The van der Waals surface area contributed by atoms with Crippen LogP contribution in [0.2, 0.25) is 0 Å². The number of rotatable bonds is 3. The van der Waals surface area contributed by atoms with E-state index in [4.69, 9.17) is 9.26 Å². The van der Waals surface area contributed by atoms with Gasteiger partial charge in [0, 0.05) is 24.0 Å². The normalized spacial score (nSPS) is 31.9. The third-order valence-electron chi connectivity index (χ3n) is 4.62. The van der Waals surface area contributed by atoms with Crippen LogP contribution < -0.4 is 4.72 Å². The van der Waals surface area contributed by atoms with Crippen LogP contribution in [0.15, 0.2) is 9.42 Å². The second-order valence-corrected chi connectivity index (χ2v) is 7.97. The lowest BCUT2D eigenvalue weighted by molar-refractivity contribution is -0.105. The van der Waals surface area contributed by atoms with E-state index in [9.17, 15) is 8.42 Å². The Bertz CT molecular complexity index is 615. The van der Waals surface area contributed by atoms with Gasteiger partial charge in [-0.1, -0.05) is 19.0 Å². The third-order valence-corrected chi connectivity index (χ3v) is 6.30. The van der Waals surface area contributed by atoms with Crippen molar-refractivity contribution in [2.75, 3.05) is 6.61 Å². The van der Waals surface area contributed by atoms with Crippen molar-refractivity contribution >= 4 is 10.0 Å². The molecule has 0 unspecified atom stereocenters. The average Bonchev–Trinajstić information content (AvgIpc) is 2.92. The summed E-state index contributed by atoms with van der Waals surface area (Å²) in [7, 11) is -3.61. The quantitative estimate of drug-likeness (QED) is 0.912. The van der Waals surface area contributed by atoms with Crippen LogP contribution in [-0.4, -0.2) is 32.3 Å². The van der Waals surface area contributed by atoms with Gasteiger partial charge in [-0.05, 0) is 20.3 Å². The number of aromatic nitrogens is 1. The number of nitrogens with zero attached hydrogens (tertiary/aromatic N) is 1. The van der Waals surface area contributed by atoms with Crippen LogP contribution in [0, 0.1) is 25.2 Å². The average molecular weight is 300 g/mol. The van der Waals surface area contributed by atoms with Gasteiger partial charge in [0.15, 0.2) is 5.76 Å². The zero-order chi connectivity index (χ0) is 14.7. The Balaban J connectivity index is 1.88. The molecule has 1 aliphatic carbocycles. The van der Waals surface area contributed by atoms with Crippen LogP contribution in [0.3, 0.4) is 0 Å². The molecule has 2 aliphatic rings. The van der Waals surface area contributed by atoms with Crippen molar-refractivity contribution in [2.24, 2.45) is 11.3 Å². The van der Waals surface area contributed by atoms with Crippen LogP contribution in [0.5, 0.6) is 0 Å². The molecule has 1 saturated heterocycles. The molecule has 3 atom stereocenters. The summed E-state index contributed by atoms with van der Waals surface area (Å²) >= 11 is 0. The molecule has 0 spiro atoms. The van der Waals surface area contributed by atoms with Gasteiger partial charge in [0.2, 0.25) is 10.0 Å². The minimum atomic E-state index is -3.61. The van der Waals surface area contributed by atoms with E-state index in [2.05, 4.69) is 9.88 Å². The van der Waals surface area contributed by atoms with E-state index in [0.29, 0.717) is 18.1 Å². The number of ether oxygens (including phenoxy) is 1. The molecule has 3 rings (SSSR count). The van der Waals surface area contributed by atoms with Crippen molar-refractivity contribution < 1.29 is 17.7 Å². The summed E-state index contributed by atoms with van der Waals surface area (Å²) in [5, 5.41) is 3.72. The van der Waals surface area contributed by atoms with E-state index in [1.165, 1.54) is 0 Å². The first-order valence-electron chi connectivity index (χ1n) is 6.82. The Morgan fingerprint density at radius 2 is 2.05 bits per heavy atom. The lowest BCUT2D eigenvalue weighted by Crippen LogP contribution is -2.66. The van der Waals surface area contributed by atoms with Crippen molar-refractivity contribution in [1.29, 1.82) is 0 Å². The third kappa shape index (κ3) is 1.83. The van der Waals surface area contributed by atoms with Crippen molar-refractivity contribution in [1.82, 2.24) is 9.88 Å². The molecule has 2 fully saturated rings. The monoisotopic (exact) mass is 300 g/mol. The van der Waals surface area contributed by atoms with Gasteiger partial charge >= 0.3 is 0 Å². The van der Waals surface area contributed by atoms with Gasteiger partial charge in [0.1, 0.15) is 10.6 Å². The first kappa shape index (κ1) is 14.0. The van der Waals surface area contributed by atoms with E-state index < -0.39 is 10.0 Å². The number of fused-ring (bicyclic) bond motifs is 1. The largest absolute Gasteiger partial charge is 0.377 e. The highest BCUT2D eigenvalue weighted by Gasteiger charge is 2.60. The van der Waals surface area contributed by atoms with Crippen LogP contribution in [0.1, 0.15) is 31.7 Å². The molecule has 6 nitrogen and oxygen atoms in total. The highest BCUT2D eigenvalue weighted by atomic mass is 32.2. The van der Waals surface area contributed by atoms with E-state index in [0.717, 1.165) is 6.42 Å². The lowest BCUT2D eigenvalue weighted by Gasteiger charge is -2.54. The van der Waals surface area contributed by atoms with Crippen molar-refractivity contribution in [3.05, 3.63) is 11.5 Å². The first-order chi connectivity index (χ1) is 9.25. The molecule has 1 N–H and O–H groups in total. The minimum absolute atomic E-state index is 0.103. The molecule has 2 heterocycles. The number of aryl methyl sites for hydroxylation is 2. The number of hydrogen-bond donors (Lipinski definition) is 1. The molecular formula is C13H20N2O4S. The van der Waals surface area contributed by atoms with E-state index in [1.807, 2.05) is 13.8 Å². The zero-order valence-corrected chi connectivity index (χ0v) is 13.0. The maximum Gasteiger partial charge on any atom is 0.246 e. The molecule has 1 aliphatic heterocycles. The number of nitrogens with one attached hydrogen (secondary N) is 1. The van der Waals surface area contributed by atoms with Gasteiger partial charge in [-0.25, -0.2) is 13.1 Å². The second kappa shape index (κ2) is 4.29. The summed E-state index contributed by atoms with van der Waals surface area (Å²) in [4.78, 5) is 0.163. The Kier molecular flexibility index (Phi) is 3.01. The Labute approximate surface area is 118 Å². The van der Waals surface area contributed by atoms with Crippen molar-refractivity contribution in [3.8, 4) is 0 Å². The fourth-order valence-corrected chi connectivity index (χ4v) is 5.42. The van der Waals surface area contributed by atoms with Gasteiger partial charge in [-0.3, -0.25) is 0 Å². The van der Waals surface area contributed by atoms with Gasteiger partial charge in [0.25, 0.3) is 0 Å². The Hall–Kier alpha value is -0.920. The molecule has 112 valence electrons. The molecule has 0 bridgehead atoms. The van der Waals surface area contributed by atoms with E-state index in [1.54, 1.807) is 13.8 Å². The molecule has 1 aromatic rings. The Morgan fingerprint density at radius 3 is 2.65 bits per heavy atom. The summed E-state index contributed by atoms with van der Waals surface area (Å²) in [5.41, 5.74) is 0.207. The predicted octanol–water partition coefficient (Wildman–Crippen LogP) is 1.38. The fourth-order valence-electron chi connectivity index (χ4n) is 3.65. The SMILES string of the molecule is Cc1noc(C)c1S(=O)(=O)N[C@@H]1[C@H]2CCO[C@@H]2C1(C)C. The van der Waals surface area contributed by atoms with Crippen LogP contribution in [-0.2, 0) is 14.8 Å². The molecule has 0 aromatic carbocycles. The predicted molar refractivity (Wildman–Crippen MR) is 71.7 cm³/mol. The highest BCUT2D eigenvalue weighted by Crippen LogP contribution is 2.52. The molecule has 1 aromatic heterocycles. The summed E-state index contributed by atoms with van der Waals surface area (Å²) in [6.45, 7) is 8.04. The fraction of sp³-hybridized carbons (Fsp3) is 0.769. The molecular weight excluding hydrogens is 280 g/mol. The number of hydrogen-bond acceptors (Lipinski definition) is 5. The second-order valence-electron chi connectivity index (χ2n) is 6.32. The molecule has 1 saturated carbocycles. The molecule has 0 radical (unpaired) electrons. The minimum Gasteiger partial charge on any atom is -0.377 e. The van der Waals surface area contributed by atoms with Gasteiger partial charge in [-0.2, -0.15) is 0 Å². The summed E-state index contributed by atoms with van der Waals surface area (Å²) in [5.74, 6) is 0.589. The summed E-state index contributed by atoms with van der Waals surface area (Å²) in [6, 6.07) is -0.103. The summed E-state index contributed by atoms with van der Waals surface area (Å²) < 4.78 is 38.6. The maximum atomic E-state index is 12.6. The molecule has 7 heteroatoms. The summed E-state index contributed by atoms with van der Waals surface area (Å²) in [6.07, 6.45) is 1.06. The van der Waals surface area contributed by atoms with Gasteiger partial charge < -0.3 is 9.26 Å². The highest BCUT2D eigenvalue weighted by molar-refractivity contribution is 7.89. The molecule has 20 heavy (non-hydrogen) atoms. The smallest absolute Gasteiger partial charge is 0.246 e. The van der Waals surface area contributed by atoms with E-state index >= 15 is 0 Å². The number of sulfonamides is 1. The van der Waals surface area contributed by atoms with Crippen LogP contribution in [0.25, 0.3) is 0 Å². The van der Waals surface area contributed by atoms with E-state index in [-0.39, 0.29) is 28.4 Å². The lowest BCUT2D eigenvalue weighted by atomic mass is 9.58. The zero-order valence-electron chi connectivity index (χ0n) is 12.1. The molecule has 0 amide bonds. The van der Waals surface area contributed by atoms with Gasteiger partial charge in [-0.15, -0.1) is 0 Å². The van der Waals surface area contributed by atoms with Crippen LogP contribution in [0.4, 0.5) is 0 Å². The topological polar surface area (TPSA) is 81.4 Å². The maximum absolute atomic E-state index is 12.6. The van der Waals surface area contributed by atoms with Crippen LogP contribution >= 0.6 is 0 Å². The first-order valence-corrected chi connectivity index (χ1v) is 8.30. The van der Waals surface area contributed by atoms with Crippen molar-refractivity contribution in [3.63, 3.8) is 0 Å².